The molecule has 0 aliphatic rings. The van der Waals surface area contributed by atoms with E-state index in [9.17, 15) is 0 Å². The van der Waals surface area contributed by atoms with E-state index in [2.05, 4.69) is 23.9 Å². The van der Waals surface area contributed by atoms with Gasteiger partial charge in [0.2, 0.25) is 0 Å². The fraction of sp³-hybridized carbons (Fsp3) is 0.333. The Balaban J connectivity index is 2.42. The monoisotopic (exact) mass is 245 g/mol. The Morgan fingerprint density at radius 3 is 2.59 bits per heavy atom. The zero-order chi connectivity index (χ0) is 12.4. The summed E-state index contributed by atoms with van der Waals surface area (Å²) in [7, 11) is 5.70. The Kier molecular flexibility index (Phi) is 3.53. The van der Waals surface area contributed by atoms with Gasteiger partial charge in [0.25, 0.3) is 0 Å². The second kappa shape index (κ2) is 4.92. The third-order valence-electron chi connectivity index (χ3n) is 2.61. The van der Waals surface area contributed by atoms with Gasteiger partial charge in [-0.15, -0.1) is 0 Å². The number of hydrogen-bond donors (Lipinski definition) is 0. The smallest absolute Gasteiger partial charge is 0.118 e. The number of hydrogen-bond acceptors (Lipinski definition) is 2. The van der Waals surface area contributed by atoms with Gasteiger partial charge in [-0.2, -0.15) is 5.10 Å². The fourth-order valence-corrected chi connectivity index (χ4v) is 2.12. The van der Waals surface area contributed by atoms with Crippen molar-refractivity contribution in [1.82, 2.24) is 14.8 Å². The van der Waals surface area contributed by atoms with Crippen molar-refractivity contribution in [2.24, 2.45) is 5.92 Å². The Morgan fingerprint density at radius 1 is 1.29 bits per heavy atom. The van der Waals surface area contributed by atoms with Crippen LogP contribution in [0.1, 0.15) is 25.5 Å². The number of aromatic nitrogens is 3. The molecule has 86 valence electrons. The number of nitrogens with zero attached hydrogens (tertiary/aromatic N) is 3. The van der Waals surface area contributed by atoms with Crippen molar-refractivity contribution in [2.75, 3.05) is 0 Å². The SMILES string of the molecule is [B]c1cnn(C(c2cncc(Cl)c2)C(C)C)c1. The van der Waals surface area contributed by atoms with Crippen LogP contribution in [0.25, 0.3) is 0 Å². The lowest BCUT2D eigenvalue weighted by Gasteiger charge is -2.21. The Morgan fingerprint density at radius 2 is 2.06 bits per heavy atom. The third-order valence-corrected chi connectivity index (χ3v) is 2.81. The van der Waals surface area contributed by atoms with Gasteiger partial charge in [-0.05, 0) is 17.5 Å². The van der Waals surface area contributed by atoms with E-state index < -0.39 is 0 Å². The van der Waals surface area contributed by atoms with E-state index in [0.29, 0.717) is 16.4 Å². The molecule has 0 aliphatic carbocycles. The van der Waals surface area contributed by atoms with Crippen LogP contribution in [0.4, 0.5) is 0 Å². The molecule has 0 aliphatic heterocycles. The molecule has 0 aromatic carbocycles. The molecule has 0 bridgehead atoms. The molecule has 3 nitrogen and oxygen atoms in total. The van der Waals surface area contributed by atoms with Gasteiger partial charge in [0.05, 0.1) is 11.1 Å². The number of pyridine rings is 1. The molecule has 2 aromatic heterocycles. The van der Waals surface area contributed by atoms with Crippen LogP contribution in [0.15, 0.2) is 30.9 Å². The van der Waals surface area contributed by atoms with E-state index in [0.717, 1.165) is 5.56 Å². The van der Waals surface area contributed by atoms with Crippen molar-refractivity contribution in [1.29, 1.82) is 0 Å². The van der Waals surface area contributed by atoms with Crippen molar-refractivity contribution >= 4 is 24.9 Å². The molecule has 17 heavy (non-hydrogen) atoms. The van der Waals surface area contributed by atoms with E-state index in [1.807, 2.05) is 23.1 Å². The zero-order valence-corrected chi connectivity index (χ0v) is 10.6. The van der Waals surface area contributed by atoms with Crippen molar-refractivity contribution in [3.05, 3.63) is 41.4 Å². The van der Waals surface area contributed by atoms with Gasteiger partial charge in [-0.3, -0.25) is 9.67 Å². The van der Waals surface area contributed by atoms with Crippen LogP contribution in [0.3, 0.4) is 0 Å². The number of halogens is 1. The molecule has 2 aromatic rings. The van der Waals surface area contributed by atoms with Crippen molar-refractivity contribution in [2.45, 2.75) is 19.9 Å². The summed E-state index contributed by atoms with van der Waals surface area (Å²) in [5.41, 5.74) is 1.70. The molecule has 1 unspecified atom stereocenters. The van der Waals surface area contributed by atoms with Gasteiger partial charge in [0.1, 0.15) is 7.85 Å². The maximum absolute atomic E-state index is 5.97. The first-order valence-corrected chi connectivity index (χ1v) is 5.86. The summed E-state index contributed by atoms with van der Waals surface area (Å²) in [4.78, 5) is 4.12. The molecule has 0 spiro atoms. The fourth-order valence-electron chi connectivity index (χ4n) is 1.94. The molecule has 0 saturated heterocycles. The highest BCUT2D eigenvalue weighted by atomic mass is 35.5. The first-order chi connectivity index (χ1) is 8.08. The molecule has 0 saturated carbocycles. The van der Waals surface area contributed by atoms with E-state index in [1.54, 1.807) is 12.4 Å². The molecular weight excluding hydrogens is 232 g/mol. The van der Waals surface area contributed by atoms with E-state index in [-0.39, 0.29) is 6.04 Å². The molecule has 2 radical (unpaired) electrons. The van der Waals surface area contributed by atoms with Gasteiger partial charge < -0.3 is 0 Å². The third kappa shape index (κ3) is 2.69. The topological polar surface area (TPSA) is 30.7 Å². The van der Waals surface area contributed by atoms with Crippen molar-refractivity contribution < 1.29 is 0 Å². The van der Waals surface area contributed by atoms with Crippen LogP contribution in [0.2, 0.25) is 5.02 Å². The van der Waals surface area contributed by atoms with Crippen LogP contribution in [-0.2, 0) is 0 Å². The minimum Gasteiger partial charge on any atom is -0.266 e. The summed E-state index contributed by atoms with van der Waals surface area (Å²) in [6.07, 6.45) is 6.91. The second-order valence-corrected chi connectivity index (χ2v) is 4.82. The molecule has 2 heterocycles. The minimum absolute atomic E-state index is 0.0958. The summed E-state index contributed by atoms with van der Waals surface area (Å²) in [5.74, 6) is 0.370. The largest absolute Gasteiger partial charge is 0.266 e. The Bertz CT molecular complexity index is 510. The summed E-state index contributed by atoms with van der Waals surface area (Å²) in [6, 6.07) is 2.01. The van der Waals surface area contributed by atoms with Gasteiger partial charge in [-0.1, -0.05) is 30.9 Å². The summed E-state index contributed by atoms with van der Waals surface area (Å²) in [5, 5.41) is 4.90. The first kappa shape index (κ1) is 12.2. The lowest BCUT2D eigenvalue weighted by atomic mass is 9.97. The lowest BCUT2D eigenvalue weighted by molar-refractivity contribution is 0.402. The Labute approximate surface area is 107 Å². The lowest BCUT2D eigenvalue weighted by Crippen LogP contribution is -2.18. The van der Waals surface area contributed by atoms with Gasteiger partial charge >= 0.3 is 0 Å². The highest BCUT2D eigenvalue weighted by molar-refractivity contribution is 6.32. The average molecular weight is 246 g/mol. The molecule has 5 heteroatoms. The van der Waals surface area contributed by atoms with Crippen LogP contribution in [0.5, 0.6) is 0 Å². The predicted molar refractivity (Wildman–Crippen MR) is 69.8 cm³/mol. The van der Waals surface area contributed by atoms with Crippen LogP contribution in [0, 0.1) is 5.92 Å². The summed E-state index contributed by atoms with van der Waals surface area (Å²) < 4.78 is 1.85. The maximum atomic E-state index is 5.97. The highest BCUT2D eigenvalue weighted by Crippen LogP contribution is 2.26. The average Bonchev–Trinajstić information content (AvgIpc) is 2.64. The minimum atomic E-state index is 0.0958. The van der Waals surface area contributed by atoms with Gasteiger partial charge in [0.15, 0.2) is 0 Å². The molecule has 1 atom stereocenters. The molecule has 0 amide bonds. The normalized spacial score (nSPS) is 12.9. The van der Waals surface area contributed by atoms with Crippen LogP contribution >= 0.6 is 11.6 Å². The van der Waals surface area contributed by atoms with E-state index >= 15 is 0 Å². The maximum Gasteiger partial charge on any atom is 0.118 e. The van der Waals surface area contributed by atoms with Crippen molar-refractivity contribution in [3.8, 4) is 0 Å². The molecular formula is C12H13BClN3. The standard InChI is InChI=1S/C12H13BClN3/c1-8(2)12(17-7-10(13)5-16-17)9-3-11(14)6-15-4-9/h3-8,12H,1-2H3. The summed E-state index contributed by atoms with van der Waals surface area (Å²) in [6.45, 7) is 4.26. The van der Waals surface area contributed by atoms with E-state index in [1.165, 1.54) is 0 Å². The van der Waals surface area contributed by atoms with Crippen LogP contribution < -0.4 is 5.46 Å². The molecule has 2 rings (SSSR count). The molecule has 0 N–H and O–H groups in total. The number of rotatable bonds is 3. The zero-order valence-electron chi connectivity index (χ0n) is 9.84. The van der Waals surface area contributed by atoms with E-state index in [4.69, 9.17) is 19.4 Å². The summed E-state index contributed by atoms with van der Waals surface area (Å²) >= 11 is 5.97. The van der Waals surface area contributed by atoms with Gasteiger partial charge in [0, 0.05) is 24.8 Å². The second-order valence-electron chi connectivity index (χ2n) is 4.38. The highest BCUT2D eigenvalue weighted by Gasteiger charge is 2.19. The predicted octanol–water partition coefficient (Wildman–Crippen LogP) is 1.97. The van der Waals surface area contributed by atoms with Gasteiger partial charge in [-0.25, -0.2) is 0 Å². The van der Waals surface area contributed by atoms with Crippen LogP contribution in [-0.4, -0.2) is 22.6 Å². The Hall–Kier alpha value is -1.29. The first-order valence-electron chi connectivity index (χ1n) is 5.48. The quantitative estimate of drug-likeness (QED) is 0.774. The molecule has 0 fully saturated rings. The van der Waals surface area contributed by atoms with Crippen molar-refractivity contribution in [3.63, 3.8) is 0 Å².